The van der Waals surface area contributed by atoms with Crippen LogP contribution in [0.25, 0.3) is 0 Å². The number of sulfonamides is 1. The van der Waals surface area contributed by atoms with Gasteiger partial charge in [-0.1, -0.05) is 36.4 Å². The summed E-state index contributed by atoms with van der Waals surface area (Å²) in [6.45, 7) is 1.02. The molecule has 1 amide bonds. The maximum Gasteiger partial charge on any atom is 0.278 e. The van der Waals surface area contributed by atoms with Crippen LogP contribution < -0.4 is 10.2 Å². The molecule has 3 rings (SSSR count). The van der Waals surface area contributed by atoms with Crippen molar-refractivity contribution in [3.63, 3.8) is 0 Å². The van der Waals surface area contributed by atoms with E-state index in [-0.39, 0.29) is 18.0 Å². The Labute approximate surface area is 175 Å². The Morgan fingerprint density at radius 3 is 2.40 bits per heavy atom. The van der Waals surface area contributed by atoms with E-state index in [0.717, 1.165) is 5.56 Å². The van der Waals surface area contributed by atoms with Crippen LogP contribution >= 0.6 is 0 Å². The number of rotatable bonds is 8. The third kappa shape index (κ3) is 5.73. The van der Waals surface area contributed by atoms with Gasteiger partial charge in [0.1, 0.15) is 5.49 Å². The highest BCUT2D eigenvalue weighted by molar-refractivity contribution is 7.89. The standard InChI is InChI=1S/C22H23N3O4S/c1-29-16-14-23-30(27,28)20-12-10-19(11-13-20)22(26)24-21-9-5-6-15-25(21)17-18-7-3-2-4-8-18/h2-13,15,23H,14,16-17H2,1H3. The van der Waals surface area contributed by atoms with Gasteiger partial charge in [0.15, 0.2) is 0 Å². The normalized spacial score (nSPS) is 12.1. The zero-order chi connectivity index (χ0) is 21.4. The van der Waals surface area contributed by atoms with E-state index in [0.29, 0.717) is 17.6 Å². The van der Waals surface area contributed by atoms with E-state index in [2.05, 4.69) is 9.71 Å². The Morgan fingerprint density at radius 1 is 1.00 bits per heavy atom. The molecule has 0 unspecified atom stereocenters. The van der Waals surface area contributed by atoms with Crippen LogP contribution in [0, 0.1) is 0 Å². The number of pyridine rings is 1. The third-order valence-electron chi connectivity index (χ3n) is 4.34. The average Bonchev–Trinajstić information content (AvgIpc) is 2.76. The van der Waals surface area contributed by atoms with Gasteiger partial charge in [-0.15, -0.1) is 0 Å². The van der Waals surface area contributed by atoms with Gasteiger partial charge in [0.05, 0.1) is 11.5 Å². The van der Waals surface area contributed by atoms with E-state index in [9.17, 15) is 13.2 Å². The van der Waals surface area contributed by atoms with Crippen LogP contribution in [0.15, 0.2) is 88.9 Å². The Hall–Kier alpha value is -3.07. The summed E-state index contributed by atoms with van der Waals surface area (Å²) in [7, 11) is -2.16. The molecule has 0 radical (unpaired) electrons. The molecular formula is C22H23N3O4S. The first-order valence-electron chi connectivity index (χ1n) is 9.37. The molecule has 1 N–H and O–H groups in total. The van der Waals surface area contributed by atoms with Gasteiger partial charge in [-0.05, 0) is 42.0 Å². The van der Waals surface area contributed by atoms with Crippen molar-refractivity contribution in [1.82, 2.24) is 9.29 Å². The number of hydrogen-bond donors (Lipinski definition) is 1. The molecule has 30 heavy (non-hydrogen) atoms. The minimum absolute atomic E-state index is 0.0778. The van der Waals surface area contributed by atoms with Crippen molar-refractivity contribution in [3.05, 3.63) is 95.6 Å². The molecule has 0 aliphatic carbocycles. The third-order valence-corrected chi connectivity index (χ3v) is 5.82. The van der Waals surface area contributed by atoms with Gasteiger partial charge in [-0.25, -0.2) is 13.1 Å². The first kappa shape index (κ1) is 21.6. The van der Waals surface area contributed by atoms with E-state index in [4.69, 9.17) is 4.74 Å². The topological polar surface area (TPSA) is 89.8 Å². The highest BCUT2D eigenvalue weighted by Gasteiger charge is 2.14. The SMILES string of the molecule is COCCNS(=O)(=O)c1ccc(C(=O)N=c2ccccn2Cc2ccccc2)cc1. The molecule has 3 aromatic rings. The van der Waals surface area contributed by atoms with Crippen LogP contribution in [-0.2, 0) is 21.3 Å². The van der Waals surface area contributed by atoms with E-state index < -0.39 is 15.9 Å². The van der Waals surface area contributed by atoms with E-state index in [1.807, 2.05) is 53.2 Å². The first-order valence-corrected chi connectivity index (χ1v) is 10.8. The van der Waals surface area contributed by atoms with Gasteiger partial charge in [0.25, 0.3) is 5.91 Å². The van der Waals surface area contributed by atoms with Crippen LogP contribution in [-0.4, -0.2) is 39.2 Å². The first-order chi connectivity index (χ1) is 14.5. The second-order valence-corrected chi connectivity index (χ2v) is 8.27. The smallest absolute Gasteiger partial charge is 0.278 e. The zero-order valence-corrected chi connectivity index (χ0v) is 17.4. The Kier molecular flexibility index (Phi) is 7.29. The molecule has 0 aliphatic rings. The second kappa shape index (κ2) is 10.1. The van der Waals surface area contributed by atoms with Crippen molar-refractivity contribution in [2.75, 3.05) is 20.3 Å². The highest BCUT2D eigenvalue weighted by atomic mass is 32.2. The molecule has 2 aromatic carbocycles. The summed E-state index contributed by atoms with van der Waals surface area (Å²) in [4.78, 5) is 16.9. The fourth-order valence-electron chi connectivity index (χ4n) is 2.79. The number of methoxy groups -OCH3 is 1. The van der Waals surface area contributed by atoms with Crippen molar-refractivity contribution in [3.8, 4) is 0 Å². The lowest BCUT2D eigenvalue weighted by molar-refractivity contribution is 0.0997. The number of aromatic nitrogens is 1. The minimum atomic E-state index is -3.65. The van der Waals surface area contributed by atoms with Crippen LogP contribution in [0.4, 0.5) is 0 Å². The molecule has 0 bridgehead atoms. The van der Waals surface area contributed by atoms with Gasteiger partial charge in [-0.3, -0.25) is 4.79 Å². The number of nitrogens with one attached hydrogen (secondary N) is 1. The van der Waals surface area contributed by atoms with Gasteiger partial charge in [0, 0.05) is 32.0 Å². The summed E-state index contributed by atoms with van der Waals surface area (Å²) in [5, 5.41) is 0. The number of nitrogens with zero attached hydrogens (tertiary/aromatic N) is 2. The van der Waals surface area contributed by atoms with Crippen molar-refractivity contribution in [2.24, 2.45) is 4.99 Å². The highest BCUT2D eigenvalue weighted by Crippen LogP contribution is 2.11. The lowest BCUT2D eigenvalue weighted by Crippen LogP contribution is -2.27. The molecule has 7 nitrogen and oxygen atoms in total. The van der Waals surface area contributed by atoms with Gasteiger partial charge in [0.2, 0.25) is 10.0 Å². The fourth-order valence-corrected chi connectivity index (χ4v) is 3.80. The summed E-state index contributed by atoms with van der Waals surface area (Å²) < 4.78 is 33.6. The number of ether oxygens (including phenoxy) is 1. The Morgan fingerprint density at radius 2 is 1.70 bits per heavy atom. The van der Waals surface area contributed by atoms with E-state index in [1.54, 1.807) is 6.07 Å². The van der Waals surface area contributed by atoms with Crippen LogP contribution in [0.2, 0.25) is 0 Å². The monoisotopic (exact) mass is 425 g/mol. The van der Waals surface area contributed by atoms with Gasteiger partial charge < -0.3 is 9.30 Å². The Bertz CT molecular complexity index is 1150. The van der Waals surface area contributed by atoms with Crippen molar-refractivity contribution >= 4 is 15.9 Å². The second-order valence-electron chi connectivity index (χ2n) is 6.50. The van der Waals surface area contributed by atoms with Crippen molar-refractivity contribution in [1.29, 1.82) is 0 Å². The lowest BCUT2D eigenvalue weighted by Gasteiger charge is -2.08. The van der Waals surface area contributed by atoms with E-state index >= 15 is 0 Å². The van der Waals surface area contributed by atoms with Crippen molar-refractivity contribution < 1.29 is 17.9 Å². The molecule has 8 heteroatoms. The van der Waals surface area contributed by atoms with Crippen LogP contribution in [0.5, 0.6) is 0 Å². The molecule has 0 fully saturated rings. The molecule has 1 heterocycles. The number of amides is 1. The quantitative estimate of drug-likeness (QED) is 0.561. The van der Waals surface area contributed by atoms with Crippen LogP contribution in [0.3, 0.4) is 0 Å². The predicted octanol–water partition coefficient (Wildman–Crippen LogP) is 2.20. The van der Waals surface area contributed by atoms with E-state index in [1.165, 1.54) is 31.4 Å². The maximum atomic E-state index is 12.6. The molecular weight excluding hydrogens is 402 g/mol. The largest absolute Gasteiger partial charge is 0.383 e. The summed E-state index contributed by atoms with van der Waals surface area (Å²) in [6.07, 6.45) is 1.86. The number of hydrogen-bond acceptors (Lipinski definition) is 4. The zero-order valence-electron chi connectivity index (χ0n) is 16.6. The molecule has 0 spiro atoms. The molecule has 156 valence electrons. The summed E-state index contributed by atoms with van der Waals surface area (Å²) >= 11 is 0. The van der Waals surface area contributed by atoms with Gasteiger partial charge in [-0.2, -0.15) is 4.99 Å². The molecule has 1 aromatic heterocycles. The van der Waals surface area contributed by atoms with Crippen LogP contribution in [0.1, 0.15) is 15.9 Å². The van der Waals surface area contributed by atoms with Gasteiger partial charge >= 0.3 is 0 Å². The lowest BCUT2D eigenvalue weighted by atomic mass is 10.2. The maximum absolute atomic E-state index is 12.6. The number of carbonyl (C=O) groups excluding carboxylic acids is 1. The predicted molar refractivity (Wildman–Crippen MR) is 113 cm³/mol. The number of benzene rings is 2. The molecule has 0 atom stereocenters. The summed E-state index contributed by atoms with van der Waals surface area (Å²) in [5.41, 5.74) is 1.92. The molecule has 0 aliphatic heterocycles. The van der Waals surface area contributed by atoms with Crippen molar-refractivity contribution in [2.45, 2.75) is 11.4 Å². The molecule has 0 saturated heterocycles. The number of carbonyl (C=O) groups is 1. The average molecular weight is 426 g/mol. The molecule has 0 saturated carbocycles. The summed E-state index contributed by atoms with van der Waals surface area (Å²) in [6, 6.07) is 21.0. The minimum Gasteiger partial charge on any atom is -0.383 e. The fraction of sp³-hybridized carbons (Fsp3) is 0.182. The summed E-state index contributed by atoms with van der Waals surface area (Å²) in [5.74, 6) is -0.445. The Balaban J connectivity index is 1.80.